The number of piperidine rings is 1. The van der Waals surface area contributed by atoms with Crippen LogP contribution in [0.1, 0.15) is 62.0 Å². The highest BCUT2D eigenvalue weighted by Gasteiger charge is 2.40. The molecule has 0 spiro atoms. The molecule has 9 nitrogen and oxygen atoms in total. The molecule has 2 aromatic rings. The van der Waals surface area contributed by atoms with Gasteiger partial charge in [-0.25, -0.2) is 4.99 Å². The van der Waals surface area contributed by atoms with Crippen LogP contribution in [-0.2, 0) is 20.9 Å². The first-order valence-corrected chi connectivity index (χ1v) is 16.0. The first kappa shape index (κ1) is 29.5. The number of carbonyl (C=O) groups excluding carboxylic acids is 2. The summed E-state index contributed by atoms with van der Waals surface area (Å²) in [5.74, 6) is -0.330. The highest BCUT2D eigenvalue weighted by molar-refractivity contribution is 7.09. The zero-order valence-corrected chi connectivity index (χ0v) is 24.9. The molecule has 41 heavy (non-hydrogen) atoms. The number of nitrogens with zero attached hydrogens (tertiary/aromatic N) is 4. The van der Waals surface area contributed by atoms with Gasteiger partial charge in [0, 0.05) is 18.0 Å². The van der Waals surface area contributed by atoms with Crippen molar-refractivity contribution in [1.82, 2.24) is 20.0 Å². The number of rotatable bonds is 10. The molecule has 1 aromatic carbocycles. The minimum absolute atomic E-state index is 0.0449. The third-order valence-corrected chi connectivity index (χ3v) is 9.25. The average Bonchev–Trinajstić information content (AvgIpc) is 3.68. The summed E-state index contributed by atoms with van der Waals surface area (Å²) in [7, 11) is 0. The standard InChI is InChI=1S/C31H44N6O3S/c1-23-28(24-11-4-2-5-12-24)40-31(34-23)36-18-19-37(27(22-36)29(38)33-21-25-13-10-20-41-25)30(39)26(32)14-6-9-17-35-15-7-3-8-16-35/h2,4-5,10-13,20,23,26-28H,3,6-9,14-19,21-22,32H2,1H3,(H,33,38)/t23-,26?,27-,28+/m0/s1. The number of amides is 2. The lowest BCUT2D eigenvalue weighted by molar-refractivity contribution is -0.144. The quantitative estimate of drug-likeness (QED) is 0.418. The van der Waals surface area contributed by atoms with Crippen molar-refractivity contribution < 1.29 is 14.3 Å². The van der Waals surface area contributed by atoms with Crippen molar-refractivity contribution in [3.8, 4) is 0 Å². The fourth-order valence-electron chi connectivity index (χ4n) is 6.00. The fraction of sp³-hybridized carbons (Fsp3) is 0.581. The van der Waals surface area contributed by atoms with E-state index in [0.29, 0.717) is 38.6 Å². The monoisotopic (exact) mass is 580 g/mol. The number of thiophene rings is 1. The number of hydrogen-bond acceptors (Lipinski definition) is 8. The van der Waals surface area contributed by atoms with Crippen LogP contribution in [0.15, 0.2) is 52.8 Å². The molecule has 4 heterocycles. The Morgan fingerprint density at radius 3 is 2.63 bits per heavy atom. The van der Waals surface area contributed by atoms with E-state index in [9.17, 15) is 9.59 Å². The Morgan fingerprint density at radius 1 is 1.07 bits per heavy atom. The van der Waals surface area contributed by atoms with Gasteiger partial charge in [0.25, 0.3) is 6.02 Å². The molecule has 3 aliphatic heterocycles. The number of piperazine rings is 1. The molecule has 0 saturated carbocycles. The maximum absolute atomic E-state index is 13.6. The van der Waals surface area contributed by atoms with Crippen LogP contribution in [0.5, 0.6) is 0 Å². The third kappa shape index (κ3) is 7.67. The molecule has 4 atom stereocenters. The summed E-state index contributed by atoms with van der Waals surface area (Å²) < 4.78 is 6.32. The number of nitrogens with two attached hydrogens (primary N) is 1. The summed E-state index contributed by atoms with van der Waals surface area (Å²) in [4.78, 5) is 39.2. The molecule has 10 heteroatoms. The molecule has 5 rings (SSSR count). The molecule has 2 amide bonds. The second-order valence-corrected chi connectivity index (χ2v) is 12.4. The van der Waals surface area contributed by atoms with Gasteiger partial charge in [-0.1, -0.05) is 49.2 Å². The first-order valence-electron chi connectivity index (χ1n) is 15.1. The zero-order chi connectivity index (χ0) is 28.6. The van der Waals surface area contributed by atoms with Crippen molar-refractivity contribution >= 4 is 29.2 Å². The lowest BCUT2D eigenvalue weighted by Crippen LogP contribution is -2.63. The van der Waals surface area contributed by atoms with Gasteiger partial charge in [0.05, 0.1) is 25.2 Å². The molecule has 0 aliphatic carbocycles. The number of amidine groups is 1. The Bertz CT molecular complexity index is 1150. The predicted octanol–water partition coefficient (Wildman–Crippen LogP) is 3.38. The molecule has 1 unspecified atom stereocenters. The molecule has 3 N–H and O–H groups in total. The van der Waals surface area contributed by atoms with E-state index < -0.39 is 12.1 Å². The highest BCUT2D eigenvalue weighted by atomic mass is 32.1. The number of benzene rings is 1. The van der Waals surface area contributed by atoms with E-state index in [1.807, 2.05) is 59.7 Å². The first-order chi connectivity index (χ1) is 20.0. The number of nitrogens with one attached hydrogen (secondary N) is 1. The van der Waals surface area contributed by atoms with Crippen molar-refractivity contribution in [3.05, 3.63) is 58.3 Å². The van der Waals surface area contributed by atoms with Crippen LogP contribution in [0.4, 0.5) is 0 Å². The number of hydrogen-bond donors (Lipinski definition) is 2. The summed E-state index contributed by atoms with van der Waals surface area (Å²) in [6.07, 6.45) is 6.29. The van der Waals surface area contributed by atoms with Gasteiger partial charge in [0.15, 0.2) is 0 Å². The van der Waals surface area contributed by atoms with Crippen LogP contribution >= 0.6 is 11.3 Å². The summed E-state index contributed by atoms with van der Waals surface area (Å²) in [5, 5.41) is 5.04. The van der Waals surface area contributed by atoms with Crippen molar-refractivity contribution in [2.75, 3.05) is 39.3 Å². The largest absolute Gasteiger partial charge is 0.455 e. The zero-order valence-electron chi connectivity index (χ0n) is 24.1. The minimum Gasteiger partial charge on any atom is -0.455 e. The lowest BCUT2D eigenvalue weighted by Gasteiger charge is -2.41. The molecular formula is C31H44N6O3S. The van der Waals surface area contributed by atoms with Crippen LogP contribution in [0.3, 0.4) is 0 Å². The third-order valence-electron chi connectivity index (χ3n) is 8.37. The van der Waals surface area contributed by atoms with E-state index in [1.165, 1.54) is 32.4 Å². The number of unbranched alkanes of at least 4 members (excludes halogenated alkanes) is 1. The maximum atomic E-state index is 13.6. The summed E-state index contributed by atoms with van der Waals surface area (Å²) in [6.45, 7) is 7.14. The Labute approximate surface area is 247 Å². The van der Waals surface area contributed by atoms with Gasteiger partial charge < -0.3 is 30.5 Å². The van der Waals surface area contributed by atoms with Gasteiger partial charge in [-0.3, -0.25) is 9.59 Å². The molecule has 1 aromatic heterocycles. The predicted molar refractivity (Wildman–Crippen MR) is 163 cm³/mol. The Morgan fingerprint density at radius 2 is 1.88 bits per heavy atom. The van der Waals surface area contributed by atoms with Crippen molar-refractivity contribution in [1.29, 1.82) is 0 Å². The van der Waals surface area contributed by atoms with Gasteiger partial charge >= 0.3 is 0 Å². The van der Waals surface area contributed by atoms with Crippen LogP contribution in [0, 0.1) is 0 Å². The Hall–Kier alpha value is -2.95. The number of carbonyl (C=O) groups is 2. The van der Waals surface area contributed by atoms with Crippen LogP contribution in [0.25, 0.3) is 0 Å². The van der Waals surface area contributed by atoms with E-state index in [0.717, 1.165) is 29.8 Å². The van der Waals surface area contributed by atoms with Gasteiger partial charge in [-0.15, -0.1) is 11.3 Å². The minimum atomic E-state index is -0.673. The highest BCUT2D eigenvalue weighted by Crippen LogP contribution is 2.30. The molecule has 2 saturated heterocycles. The molecule has 0 radical (unpaired) electrons. The number of aliphatic imine (C=N–C) groups is 1. The van der Waals surface area contributed by atoms with Crippen molar-refractivity contribution in [3.63, 3.8) is 0 Å². The van der Waals surface area contributed by atoms with Crippen LogP contribution < -0.4 is 11.1 Å². The van der Waals surface area contributed by atoms with E-state index in [-0.39, 0.29) is 24.0 Å². The maximum Gasteiger partial charge on any atom is 0.288 e. The Balaban J connectivity index is 1.20. The molecule has 0 bridgehead atoms. The topological polar surface area (TPSA) is 103 Å². The van der Waals surface area contributed by atoms with Gasteiger partial charge in [-0.05, 0) is 69.3 Å². The number of likely N-dealkylation sites (tertiary alicyclic amines) is 1. The molecule has 3 aliphatic rings. The van der Waals surface area contributed by atoms with Gasteiger partial charge in [0.2, 0.25) is 11.8 Å². The van der Waals surface area contributed by atoms with Gasteiger partial charge in [-0.2, -0.15) is 0 Å². The lowest BCUT2D eigenvalue weighted by atomic mass is 10.0. The Kier molecular flexibility index (Phi) is 10.3. The normalized spacial score (nSPS) is 24.0. The second kappa shape index (κ2) is 14.3. The number of ether oxygens (including phenoxy) is 1. The van der Waals surface area contributed by atoms with E-state index in [2.05, 4.69) is 10.2 Å². The fourth-order valence-corrected chi connectivity index (χ4v) is 6.64. The summed E-state index contributed by atoms with van der Waals surface area (Å²) in [5.41, 5.74) is 7.51. The second-order valence-electron chi connectivity index (χ2n) is 11.4. The van der Waals surface area contributed by atoms with Crippen LogP contribution in [-0.4, -0.2) is 89.9 Å². The van der Waals surface area contributed by atoms with Gasteiger partial charge in [0.1, 0.15) is 12.1 Å². The summed E-state index contributed by atoms with van der Waals surface area (Å²) in [6, 6.07) is 13.2. The molecular weight excluding hydrogens is 536 g/mol. The van der Waals surface area contributed by atoms with Crippen molar-refractivity contribution in [2.24, 2.45) is 10.7 Å². The van der Waals surface area contributed by atoms with E-state index in [4.69, 9.17) is 15.5 Å². The van der Waals surface area contributed by atoms with E-state index >= 15 is 0 Å². The molecule has 222 valence electrons. The smallest absolute Gasteiger partial charge is 0.288 e. The SMILES string of the molecule is C[C@@H]1N=C(N2CCN(C(=O)C(N)CCCCN3CCCCC3)[C@H](C(=O)NCc3cccs3)C2)O[C@H]1c1ccccc1. The van der Waals surface area contributed by atoms with E-state index in [1.54, 1.807) is 16.2 Å². The van der Waals surface area contributed by atoms with Crippen LogP contribution in [0.2, 0.25) is 0 Å². The summed E-state index contributed by atoms with van der Waals surface area (Å²) >= 11 is 1.60. The van der Waals surface area contributed by atoms with Crippen molar-refractivity contribution in [2.45, 2.75) is 76.2 Å². The molecule has 2 fully saturated rings. The average molecular weight is 581 g/mol.